The van der Waals surface area contributed by atoms with Gasteiger partial charge < -0.3 is 26.2 Å². The van der Waals surface area contributed by atoms with Crippen LogP contribution >= 0.6 is 0 Å². The van der Waals surface area contributed by atoms with E-state index in [2.05, 4.69) is 27.8 Å². The van der Waals surface area contributed by atoms with Crippen LogP contribution in [-0.4, -0.2) is 91.0 Å². The Balaban J connectivity index is 1.52. The van der Waals surface area contributed by atoms with Gasteiger partial charge in [-0.3, -0.25) is 19.2 Å². The quantitative estimate of drug-likeness (QED) is 0.157. The number of likely N-dealkylation sites (tertiary alicyclic amines) is 1. The lowest BCUT2D eigenvalue weighted by atomic mass is 9.83. The molecule has 0 spiro atoms. The molecule has 2 aliphatic heterocycles. The second kappa shape index (κ2) is 17.8. The first kappa shape index (κ1) is 41.0. The summed E-state index contributed by atoms with van der Waals surface area (Å²) in [5.41, 5.74) is -0.0343. The summed E-state index contributed by atoms with van der Waals surface area (Å²) in [7, 11) is -3.72. The van der Waals surface area contributed by atoms with Crippen molar-refractivity contribution in [3.05, 3.63) is 42.5 Å². The van der Waals surface area contributed by atoms with Crippen LogP contribution in [-0.2, 0) is 35.7 Å². The monoisotopic (exact) mass is 742 g/mol. The average Bonchev–Trinajstić information content (AvgIpc) is 3.66. The number of urea groups is 1. The van der Waals surface area contributed by atoms with E-state index in [-0.39, 0.29) is 49.3 Å². The van der Waals surface area contributed by atoms with Crippen molar-refractivity contribution in [3.63, 3.8) is 0 Å². The van der Waals surface area contributed by atoms with Gasteiger partial charge in [0.15, 0.2) is 0 Å². The lowest BCUT2D eigenvalue weighted by molar-refractivity contribution is -0.144. The van der Waals surface area contributed by atoms with Gasteiger partial charge in [0.1, 0.15) is 12.1 Å². The van der Waals surface area contributed by atoms with Gasteiger partial charge in [-0.15, -0.1) is 6.58 Å². The van der Waals surface area contributed by atoms with Crippen LogP contribution in [0.2, 0.25) is 0 Å². The van der Waals surface area contributed by atoms with Crippen molar-refractivity contribution in [2.75, 3.05) is 19.6 Å². The van der Waals surface area contributed by atoms with Crippen molar-refractivity contribution in [1.29, 1.82) is 0 Å². The molecule has 1 aliphatic carbocycles. The SMILES string of the molecule is C=CCNC(=O)C(=O)C(CCC)NC(=O)[C@@H]1[C@@H](CC)CCN1C(=O)[C@@H](NC(=O)N[C@H](CN1Cc2ccccc2S1(=O)=O)C1CCCCC1)C(C)(C)C. The van der Waals surface area contributed by atoms with Crippen molar-refractivity contribution in [1.82, 2.24) is 30.5 Å². The standard InChI is InChI=1S/C38H58N6O7S/c1-7-15-28(32(45)35(47)39-21-8-2)40-34(46)31-25(9-3)20-22-44(31)36(48)33(38(4,5)6)42-37(49)41-29(26-16-11-10-12-17-26)24-43-23-27-18-13-14-19-30(27)52(43,50)51/h8,13-14,18-19,25-26,28-29,31,33H,2,7,9-12,15-17,20-24H2,1,3-6H3,(H,39,47)(H,40,46)(H2,41,42,49)/t25-,28?,29+,31-,33+/m0/s1. The number of fused-ring (bicyclic) bond motifs is 1. The molecule has 1 aromatic rings. The number of ketones is 1. The summed E-state index contributed by atoms with van der Waals surface area (Å²) < 4.78 is 28.4. The molecule has 1 saturated carbocycles. The summed E-state index contributed by atoms with van der Waals surface area (Å²) in [6.45, 7) is 13.6. The number of nitrogens with one attached hydrogen (secondary N) is 4. The molecule has 1 saturated heterocycles. The molecule has 0 aromatic heterocycles. The Morgan fingerprint density at radius 3 is 2.29 bits per heavy atom. The first-order chi connectivity index (χ1) is 24.6. The van der Waals surface area contributed by atoms with E-state index in [1.165, 1.54) is 15.3 Å². The fourth-order valence-electron chi connectivity index (χ4n) is 7.80. The molecule has 0 radical (unpaired) electrons. The smallest absolute Gasteiger partial charge is 0.315 e. The minimum absolute atomic E-state index is 0.0665. The first-order valence-corrected chi connectivity index (χ1v) is 20.3. The highest BCUT2D eigenvalue weighted by Crippen LogP contribution is 2.34. The second-order valence-corrected chi connectivity index (χ2v) is 17.4. The number of hydrogen-bond donors (Lipinski definition) is 4. The normalized spacial score (nSPS) is 22.1. The molecule has 52 heavy (non-hydrogen) atoms. The van der Waals surface area contributed by atoms with E-state index < -0.39 is 69.1 Å². The molecular formula is C38H58N6O7S. The molecule has 2 heterocycles. The Morgan fingerprint density at radius 1 is 0.981 bits per heavy atom. The molecule has 2 fully saturated rings. The largest absolute Gasteiger partial charge is 0.346 e. The first-order valence-electron chi connectivity index (χ1n) is 18.8. The van der Waals surface area contributed by atoms with Crippen LogP contribution < -0.4 is 21.3 Å². The number of carbonyl (C=O) groups is 5. The van der Waals surface area contributed by atoms with E-state index in [0.717, 1.165) is 37.7 Å². The predicted octanol–water partition coefficient (Wildman–Crippen LogP) is 3.64. The van der Waals surface area contributed by atoms with E-state index in [1.54, 1.807) is 18.2 Å². The highest BCUT2D eigenvalue weighted by atomic mass is 32.2. The molecule has 3 aliphatic rings. The van der Waals surface area contributed by atoms with Crippen LogP contribution in [0.1, 0.15) is 98.0 Å². The number of amides is 5. The zero-order valence-corrected chi connectivity index (χ0v) is 32.2. The van der Waals surface area contributed by atoms with E-state index >= 15 is 0 Å². The van der Waals surface area contributed by atoms with Crippen molar-refractivity contribution in [3.8, 4) is 0 Å². The van der Waals surface area contributed by atoms with Crippen LogP contribution in [0.25, 0.3) is 0 Å². The third kappa shape index (κ3) is 9.60. The summed E-state index contributed by atoms with van der Waals surface area (Å²) in [6, 6.07) is 2.90. The van der Waals surface area contributed by atoms with Gasteiger partial charge >= 0.3 is 6.03 Å². The lowest BCUT2D eigenvalue weighted by Crippen LogP contribution is -2.62. The topological polar surface area (TPSA) is 174 Å². The zero-order valence-electron chi connectivity index (χ0n) is 31.4. The molecule has 288 valence electrons. The second-order valence-electron chi connectivity index (χ2n) is 15.5. The Hall–Kier alpha value is -3.78. The molecular weight excluding hydrogens is 685 g/mol. The highest BCUT2D eigenvalue weighted by Gasteiger charge is 2.47. The van der Waals surface area contributed by atoms with Crippen LogP contribution in [0.4, 0.5) is 4.79 Å². The number of rotatable bonds is 15. The molecule has 14 heteroatoms. The molecule has 5 amide bonds. The molecule has 5 atom stereocenters. The number of nitrogens with zero attached hydrogens (tertiary/aromatic N) is 2. The number of benzene rings is 1. The van der Waals surface area contributed by atoms with Crippen LogP contribution in [0.15, 0.2) is 41.8 Å². The molecule has 0 bridgehead atoms. The van der Waals surface area contributed by atoms with Gasteiger partial charge in [-0.2, -0.15) is 4.31 Å². The third-order valence-electron chi connectivity index (χ3n) is 10.7. The van der Waals surface area contributed by atoms with Gasteiger partial charge in [0.05, 0.1) is 10.9 Å². The number of Topliss-reactive ketones (excluding diaryl/α,β-unsaturated/α-hetero) is 1. The molecule has 4 rings (SSSR count). The van der Waals surface area contributed by atoms with Crippen molar-refractivity contribution < 1.29 is 32.4 Å². The number of sulfonamides is 1. The van der Waals surface area contributed by atoms with E-state index in [9.17, 15) is 32.4 Å². The molecule has 13 nitrogen and oxygen atoms in total. The molecule has 1 unspecified atom stereocenters. The minimum atomic E-state index is -3.72. The van der Waals surface area contributed by atoms with Crippen LogP contribution in [0.3, 0.4) is 0 Å². The highest BCUT2D eigenvalue weighted by molar-refractivity contribution is 7.89. The minimum Gasteiger partial charge on any atom is -0.346 e. The summed E-state index contributed by atoms with van der Waals surface area (Å²) >= 11 is 0. The van der Waals surface area contributed by atoms with Gasteiger partial charge in [-0.05, 0) is 54.6 Å². The van der Waals surface area contributed by atoms with E-state index in [1.807, 2.05) is 40.7 Å². The van der Waals surface area contributed by atoms with Crippen LogP contribution in [0, 0.1) is 17.3 Å². The van der Waals surface area contributed by atoms with Gasteiger partial charge in [0.25, 0.3) is 5.91 Å². The summed E-state index contributed by atoms with van der Waals surface area (Å²) in [6.07, 6.45) is 8.19. The molecule has 4 N–H and O–H groups in total. The Morgan fingerprint density at radius 2 is 1.67 bits per heavy atom. The van der Waals surface area contributed by atoms with Crippen molar-refractivity contribution in [2.45, 2.75) is 128 Å². The summed E-state index contributed by atoms with van der Waals surface area (Å²) in [5, 5.41) is 11.2. The van der Waals surface area contributed by atoms with E-state index in [0.29, 0.717) is 19.3 Å². The average molecular weight is 743 g/mol. The van der Waals surface area contributed by atoms with Gasteiger partial charge in [0, 0.05) is 32.2 Å². The maximum absolute atomic E-state index is 14.4. The fraction of sp³-hybridized carbons (Fsp3) is 0.658. The zero-order chi connectivity index (χ0) is 38.2. The number of carbonyl (C=O) groups excluding carboxylic acids is 5. The van der Waals surface area contributed by atoms with Gasteiger partial charge in [-0.25, -0.2) is 13.2 Å². The van der Waals surface area contributed by atoms with Gasteiger partial charge in [-0.1, -0.05) is 91.0 Å². The Bertz CT molecular complexity index is 1590. The van der Waals surface area contributed by atoms with Gasteiger partial charge in [0.2, 0.25) is 27.6 Å². The lowest BCUT2D eigenvalue weighted by Gasteiger charge is -2.37. The third-order valence-corrected chi connectivity index (χ3v) is 12.6. The van der Waals surface area contributed by atoms with Crippen LogP contribution in [0.5, 0.6) is 0 Å². The predicted molar refractivity (Wildman–Crippen MR) is 198 cm³/mol. The van der Waals surface area contributed by atoms with E-state index in [4.69, 9.17) is 0 Å². The number of hydrogen-bond acceptors (Lipinski definition) is 7. The maximum Gasteiger partial charge on any atom is 0.315 e. The van der Waals surface area contributed by atoms with Crippen molar-refractivity contribution in [2.24, 2.45) is 17.3 Å². The molecule has 1 aromatic carbocycles. The summed E-state index contributed by atoms with van der Waals surface area (Å²) in [5.74, 6) is -2.63. The van der Waals surface area contributed by atoms with Crippen molar-refractivity contribution >= 4 is 39.6 Å². The summed E-state index contributed by atoms with van der Waals surface area (Å²) in [4.78, 5) is 69.5. The fourth-order valence-corrected chi connectivity index (χ4v) is 9.46. The Labute approximate surface area is 309 Å². The maximum atomic E-state index is 14.4. The Kier molecular flexibility index (Phi) is 14.1.